The Labute approximate surface area is 147 Å². The smallest absolute Gasteiger partial charge is 0.309 e. The van der Waals surface area contributed by atoms with Gasteiger partial charge in [0.05, 0.1) is 10.8 Å². The van der Waals surface area contributed by atoms with Gasteiger partial charge in [-0.05, 0) is 18.4 Å². The fourth-order valence-electron chi connectivity index (χ4n) is 2.82. The summed E-state index contributed by atoms with van der Waals surface area (Å²) in [4.78, 5) is 36.5. The average molecular weight is 348 g/mol. The first-order valence-corrected chi connectivity index (χ1v) is 8.38. The molecule has 0 bridgehead atoms. The van der Waals surface area contributed by atoms with Gasteiger partial charge in [0, 0.05) is 30.6 Å². The number of hydrogen-bond donors (Lipinski definition) is 0. The van der Waals surface area contributed by atoms with Crippen LogP contribution < -0.4 is 0 Å². The molecule has 1 aliphatic rings. The molecule has 0 unspecified atom stereocenters. The third kappa shape index (κ3) is 5.01. The summed E-state index contributed by atoms with van der Waals surface area (Å²) in [6.07, 6.45) is 1.16. The second-order valence-electron chi connectivity index (χ2n) is 7.35. The van der Waals surface area contributed by atoms with E-state index in [2.05, 4.69) is 0 Å². The number of benzene rings is 1. The molecular formula is C18H24N2O5. The number of ether oxygens (including phenoxy) is 1. The fraction of sp³-hybridized carbons (Fsp3) is 0.556. The predicted molar refractivity (Wildman–Crippen MR) is 91.7 cm³/mol. The van der Waals surface area contributed by atoms with Crippen molar-refractivity contribution in [1.29, 1.82) is 0 Å². The van der Waals surface area contributed by atoms with E-state index < -0.39 is 10.3 Å². The van der Waals surface area contributed by atoms with Crippen LogP contribution in [0.1, 0.15) is 39.2 Å². The van der Waals surface area contributed by atoms with Crippen molar-refractivity contribution < 1.29 is 19.2 Å². The van der Waals surface area contributed by atoms with Gasteiger partial charge in [-0.25, -0.2) is 0 Å². The van der Waals surface area contributed by atoms with Crippen LogP contribution in [0.15, 0.2) is 24.3 Å². The summed E-state index contributed by atoms with van der Waals surface area (Å²) < 4.78 is 5.30. The van der Waals surface area contributed by atoms with Crippen molar-refractivity contribution in [3.8, 4) is 0 Å². The molecule has 0 N–H and O–H groups in total. The van der Waals surface area contributed by atoms with Crippen LogP contribution in [0.2, 0.25) is 0 Å². The Morgan fingerprint density at radius 2 is 1.92 bits per heavy atom. The number of rotatable bonds is 4. The number of non-ortho nitro benzene ring substituents is 1. The first kappa shape index (κ1) is 18.9. The number of carbonyl (C=O) groups is 2. The molecule has 0 radical (unpaired) electrons. The Morgan fingerprint density at radius 3 is 2.48 bits per heavy atom. The van der Waals surface area contributed by atoms with Gasteiger partial charge in [0.15, 0.2) is 0 Å². The van der Waals surface area contributed by atoms with Gasteiger partial charge in [-0.15, -0.1) is 0 Å². The lowest BCUT2D eigenvalue weighted by molar-refractivity contribution is -0.384. The largest absolute Gasteiger partial charge is 0.461 e. The van der Waals surface area contributed by atoms with Gasteiger partial charge in [-0.1, -0.05) is 32.9 Å². The topological polar surface area (TPSA) is 89.8 Å². The SMILES string of the molecule is CC(C)(C)C(=O)N1CCC(C(=O)OCc2cccc([N+](=O)[O-])c2)CC1. The lowest BCUT2D eigenvalue weighted by Gasteiger charge is -2.34. The van der Waals surface area contributed by atoms with Crippen molar-refractivity contribution in [3.63, 3.8) is 0 Å². The maximum Gasteiger partial charge on any atom is 0.309 e. The summed E-state index contributed by atoms with van der Waals surface area (Å²) in [6.45, 7) is 6.76. The summed E-state index contributed by atoms with van der Waals surface area (Å²) in [6, 6.07) is 6.05. The summed E-state index contributed by atoms with van der Waals surface area (Å²) in [5, 5.41) is 10.8. The van der Waals surface area contributed by atoms with Gasteiger partial charge < -0.3 is 9.64 Å². The zero-order chi connectivity index (χ0) is 18.6. The first-order chi connectivity index (χ1) is 11.7. The number of amides is 1. The molecule has 7 heteroatoms. The molecule has 136 valence electrons. The second kappa shape index (κ2) is 7.63. The Balaban J connectivity index is 1.84. The molecule has 2 rings (SSSR count). The number of nitrogens with zero attached hydrogens (tertiary/aromatic N) is 2. The lowest BCUT2D eigenvalue weighted by Crippen LogP contribution is -2.45. The standard InChI is InChI=1S/C18H24N2O5/c1-18(2,3)17(22)19-9-7-14(8-10-19)16(21)25-12-13-5-4-6-15(11-13)20(23)24/h4-6,11,14H,7-10,12H2,1-3H3. The number of likely N-dealkylation sites (tertiary alicyclic amines) is 1. The predicted octanol–water partition coefficient (Wildman–Crippen LogP) is 2.92. The quantitative estimate of drug-likeness (QED) is 0.474. The second-order valence-corrected chi connectivity index (χ2v) is 7.35. The molecular weight excluding hydrogens is 324 g/mol. The van der Waals surface area contributed by atoms with E-state index in [4.69, 9.17) is 4.74 Å². The number of piperidine rings is 1. The molecule has 1 heterocycles. The number of nitro benzene ring substituents is 1. The van der Waals surface area contributed by atoms with E-state index in [1.807, 2.05) is 20.8 Å². The van der Waals surface area contributed by atoms with Crippen molar-refractivity contribution in [2.24, 2.45) is 11.3 Å². The maximum atomic E-state index is 12.2. The van der Waals surface area contributed by atoms with Gasteiger partial charge in [-0.2, -0.15) is 0 Å². The van der Waals surface area contributed by atoms with Crippen molar-refractivity contribution in [3.05, 3.63) is 39.9 Å². The first-order valence-electron chi connectivity index (χ1n) is 8.38. The minimum atomic E-state index is -0.479. The highest BCUT2D eigenvalue weighted by molar-refractivity contribution is 5.82. The van der Waals surface area contributed by atoms with Crippen LogP contribution in [0.3, 0.4) is 0 Å². The van der Waals surface area contributed by atoms with Crippen LogP contribution in [-0.2, 0) is 20.9 Å². The van der Waals surface area contributed by atoms with E-state index in [1.165, 1.54) is 12.1 Å². The third-order valence-electron chi connectivity index (χ3n) is 4.26. The zero-order valence-electron chi connectivity index (χ0n) is 14.9. The Morgan fingerprint density at radius 1 is 1.28 bits per heavy atom. The van der Waals surface area contributed by atoms with Crippen LogP contribution in [0.25, 0.3) is 0 Å². The van der Waals surface area contributed by atoms with Gasteiger partial charge in [0.1, 0.15) is 6.61 Å². The molecule has 1 aromatic rings. The van der Waals surface area contributed by atoms with Crippen molar-refractivity contribution in [1.82, 2.24) is 4.90 Å². The van der Waals surface area contributed by atoms with Crippen LogP contribution in [-0.4, -0.2) is 34.8 Å². The minimum Gasteiger partial charge on any atom is -0.461 e. The maximum absolute atomic E-state index is 12.2. The van der Waals surface area contributed by atoms with E-state index >= 15 is 0 Å². The van der Waals surface area contributed by atoms with Crippen molar-refractivity contribution in [2.45, 2.75) is 40.2 Å². The molecule has 1 fully saturated rings. The van der Waals surface area contributed by atoms with E-state index in [1.54, 1.807) is 17.0 Å². The zero-order valence-corrected chi connectivity index (χ0v) is 14.9. The molecule has 25 heavy (non-hydrogen) atoms. The summed E-state index contributed by atoms with van der Waals surface area (Å²) in [5.41, 5.74) is 0.139. The molecule has 7 nitrogen and oxygen atoms in total. The number of nitro groups is 1. The highest BCUT2D eigenvalue weighted by Gasteiger charge is 2.32. The van der Waals surface area contributed by atoms with Crippen LogP contribution in [0, 0.1) is 21.4 Å². The van der Waals surface area contributed by atoms with Crippen molar-refractivity contribution in [2.75, 3.05) is 13.1 Å². The van der Waals surface area contributed by atoms with Crippen LogP contribution >= 0.6 is 0 Å². The number of esters is 1. The highest BCUT2D eigenvalue weighted by Crippen LogP contribution is 2.24. The summed E-state index contributed by atoms with van der Waals surface area (Å²) in [7, 11) is 0. The molecule has 1 saturated heterocycles. The monoisotopic (exact) mass is 348 g/mol. The molecule has 0 saturated carbocycles. The summed E-state index contributed by atoms with van der Waals surface area (Å²) in [5.74, 6) is -0.451. The normalized spacial score (nSPS) is 15.7. The van der Waals surface area contributed by atoms with E-state index in [0.29, 0.717) is 31.5 Å². The third-order valence-corrected chi connectivity index (χ3v) is 4.26. The Kier molecular flexibility index (Phi) is 5.77. The summed E-state index contributed by atoms with van der Waals surface area (Å²) >= 11 is 0. The molecule has 0 aliphatic carbocycles. The van der Waals surface area contributed by atoms with Crippen molar-refractivity contribution >= 4 is 17.6 Å². The fourth-order valence-corrected chi connectivity index (χ4v) is 2.82. The molecule has 1 aromatic carbocycles. The van der Waals surface area contributed by atoms with Gasteiger partial charge in [0.2, 0.25) is 5.91 Å². The van der Waals surface area contributed by atoms with E-state index in [-0.39, 0.29) is 30.1 Å². The minimum absolute atomic E-state index is 0.0155. The van der Waals surface area contributed by atoms with E-state index in [9.17, 15) is 19.7 Å². The molecule has 0 aromatic heterocycles. The average Bonchev–Trinajstić information content (AvgIpc) is 2.58. The molecule has 0 atom stereocenters. The Hall–Kier alpha value is -2.44. The Bertz CT molecular complexity index is 658. The van der Waals surface area contributed by atoms with Crippen LogP contribution in [0.5, 0.6) is 0 Å². The van der Waals surface area contributed by atoms with Gasteiger partial charge in [-0.3, -0.25) is 19.7 Å². The molecule has 0 spiro atoms. The van der Waals surface area contributed by atoms with Crippen LogP contribution in [0.4, 0.5) is 5.69 Å². The van der Waals surface area contributed by atoms with E-state index in [0.717, 1.165) is 0 Å². The van der Waals surface area contributed by atoms with Gasteiger partial charge in [0.25, 0.3) is 5.69 Å². The highest BCUT2D eigenvalue weighted by atomic mass is 16.6. The lowest BCUT2D eigenvalue weighted by atomic mass is 9.91. The number of hydrogen-bond acceptors (Lipinski definition) is 5. The molecule has 1 aliphatic heterocycles. The molecule has 1 amide bonds. The van der Waals surface area contributed by atoms with Gasteiger partial charge >= 0.3 is 5.97 Å². The number of carbonyl (C=O) groups excluding carboxylic acids is 2.